The highest BCUT2D eigenvalue weighted by Crippen LogP contribution is 2.33. The summed E-state index contributed by atoms with van der Waals surface area (Å²) in [4.78, 5) is 36.9. The van der Waals surface area contributed by atoms with Gasteiger partial charge in [0.15, 0.2) is 6.61 Å². The van der Waals surface area contributed by atoms with Gasteiger partial charge in [0, 0.05) is 0 Å². The lowest BCUT2D eigenvalue weighted by molar-refractivity contribution is -0.139. The number of carbonyl (C=O) groups is 3. The number of nitrogens with zero attached hydrogens (tertiary/aromatic N) is 1. The number of thioether (sulfide) groups is 1. The van der Waals surface area contributed by atoms with Gasteiger partial charge in [-0.15, -0.1) is 0 Å². The van der Waals surface area contributed by atoms with Gasteiger partial charge in [-0.2, -0.15) is 0 Å². The summed E-state index contributed by atoms with van der Waals surface area (Å²) in [6, 6.07) is 14.3. The fourth-order valence-corrected chi connectivity index (χ4v) is 3.31. The van der Waals surface area contributed by atoms with Gasteiger partial charge in [-0.25, -0.2) is 4.79 Å². The Bertz CT molecular complexity index is 903. The van der Waals surface area contributed by atoms with E-state index in [2.05, 4.69) is 0 Å². The highest BCUT2D eigenvalue weighted by atomic mass is 32.2. The predicted octanol–water partition coefficient (Wildman–Crippen LogP) is 3.69. The molecule has 1 fully saturated rings. The highest BCUT2D eigenvalue weighted by molar-refractivity contribution is 8.18. The Hall–Kier alpha value is -3.06. The molecule has 1 N–H and O–H groups in total. The number of benzene rings is 2. The van der Waals surface area contributed by atoms with Crippen LogP contribution in [-0.4, -0.2) is 33.7 Å². The van der Waals surface area contributed by atoms with E-state index in [9.17, 15) is 14.4 Å². The molecule has 0 spiro atoms. The molecule has 3 rings (SSSR count). The molecule has 0 atom stereocenters. The maximum Gasteiger partial charge on any atom is 0.341 e. The van der Waals surface area contributed by atoms with E-state index in [0.29, 0.717) is 10.7 Å². The topological polar surface area (TPSA) is 83.9 Å². The Labute approximate surface area is 160 Å². The van der Waals surface area contributed by atoms with Gasteiger partial charge < -0.3 is 9.84 Å². The minimum Gasteiger partial charge on any atom is -0.482 e. The molecular weight excluding hydrogens is 366 g/mol. The summed E-state index contributed by atoms with van der Waals surface area (Å²) >= 11 is 0.907. The lowest BCUT2D eigenvalue weighted by Crippen LogP contribution is -2.27. The number of amides is 2. The predicted molar refractivity (Wildman–Crippen MR) is 102 cm³/mol. The molecular formula is C20H17NO5S. The van der Waals surface area contributed by atoms with Crippen LogP contribution >= 0.6 is 11.8 Å². The summed E-state index contributed by atoms with van der Waals surface area (Å²) in [5, 5.41) is 8.31. The number of rotatable bonds is 6. The Balaban J connectivity index is 1.70. The molecule has 2 amide bonds. The van der Waals surface area contributed by atoms with Crippen LogP contribution in [0.25, 0.3) is 6.08 Å². The van der Waals surface area contributed by atoms with Gasteiger partial charge in [0.05, 0.1) is 11.4 Å². The van der Waals surface area contributed by atoms with Crippen molar-refractivity contribution in [2.75, 3.05) is 6.61 Å². The van der Waals surface area contributed by atoms with Gasteiger partial charge in [0.1, 0.15) is 5.75 Å². The molecule has 6 nitrogen and oxygen atoms in total. The van der Waals surface area contributed by atoms with Crippen molar-refractivity contribution in [1.82, 2.24) is 4.90 Å². The third-order valence-electron chi connectivity index (χ3n) is 3.88. The number of carbonyl (C=O) groups excluding carboxylic acids is 2. The first kappa shape index (κ1) is 18.7. The van der Waals surface area contributed by atoms with Crippen LogP contribution in [0.1, 0.15) is 16.7 Å². The van der Waals surface area contributed by atoms with Crippen LogP contribution in [0.5, 0.6) is 5.75 Å². The number of hydrogen-bond acceptors (Lipinski definition) is 5. The number of ether oxygens (including phenoxy) is 1. The number of aryl methyl sites for hydroxylation is 1. The number of aliphatic carboxylic acids is 1. The summed E-state index contributed by atoms with van der Waals surface area (Å²) in [5.74, 6) is -0.958. The Morgan fingerprint density at radius 2 is 1.78 bits per heavy atom. The van der Waals surface area contributed by atoms with Crippen molar-refractivity contribution in [3.05, 3.63) is 70.1 Å². The van der Waals surface area contributed by atoms with Crippen LogP contribution in [-0.2, 0) is 16.1 Å². The second kappa shape index (κ2) is 8.09. The molecule has 0 aromatic heterocycles. The number of carboxylic acid groups (broad SMARTS) is 1. The zero-order valence-electron chi connectivity index (χ0n) is 14.5. The molecule has 2 aromatic rings. The van der Waals surface area contributed by atoms with Crippen molar-refractivity contribution in [1.29, 1.82) is 0 Å². The third-order valence-corrected chi connectivity index (χ3v) is 4.78. The molecule has 138 valence electrons. The van der Waals surface area contributed by atoms with Crippen LogP contribution in [0.4, 0.5) is 4.79 Å². The van der Waals surface area contributed by atoms with Crippen molar-refractivity contribution >= 4 is 35.0 Å². The standard InChI is InChI=1S/C20H17NO5S/c1-13-2-4-15(5-3-13)11-21-19(24)17(27-20(21)25)10-14-6-8-16(9-7-14)26-12-18(22)23/h2-10H,11-12H2,1H3,(H,22,23)/b17-10-. The summed E-state index contributed by atoms with van der Waals surface area (Å²) in [5.41, 5.74) is 2.73. The van der Waals surface area contributed by atoms with E-state index >= 15 is 0 Å². The van der Waals surface area contributed by atoms with Crippen molar-refractivity contribution in [2.45, 2.75) is 13.5 Å². The van der Waals surface area contributed by atoms with Crippen LogP contribution in [0, 0.1) is 6.92 Å². The molecule has 1 aliphatic heterocycles. The first-order valence-electron chi connectivity index (χ1n) is 8.18. The summed E-state index contributed by atoms with van der Waals surface area (Å²) in [6.45, 7) is 1.80. The monoisotopic (exact) mass is 383 g/mol. The van der Waals surface area contributed by atoms with Crippen LogP contribution in [0.3, 0.4) is 0 Å². The van der Waals surface area contributed by atoms with Crippen molar-refractivity contribution in [2.24, 2.45) is 0 Å². The fraction of sp³-hybridized carbons (Fsp3) is 0.150. The second-order valence-electron chi connectivity index (χ2n) is 6.00. The molecule has 2 aromatic carbocycles. The van der Waals surface area contributed by atoms with Crippen LogP contribution < -0.4 is 4.74 Å². The highest BCUT2D eigenvalue weighted by Gasteiger charge is 2.34. The maximum atomic E-state index is 12.6. The van der Waals surface area contributed by atoms with Gasteiger partial charge in [-0.3, -0.25) is 14.5 Å². The first-order chi connectivity index (χ1) is 12.9. The molecule has 0 radical (unpaired) electrons. The minimum atomic E-state index is -1.05. The average Bonchev–Trinajstić information content (AvgIpc) is 2.90. The Morgan fingerprint density at radius 1 is 1.11 bits per heavy atom. The second-order valence-corrected chi connectivity index (χ2v) is 7.00. The largest absolute Gasteiger partial charge is 0.482 e. The minimum absolute atomic E-state index is 0.240. The molecule has 27 heavy (non-hydrogen) atoms. The van der Waals surface area contributed by atoms with Crippen LogP contribution in [0.2, 0.25) is 0 Å². The maximum absolute atomic E-state index is 12.6. The summed E-state index contributed by atoms with van der Waals surface area (Å²) < 4.78 is 5.07. The molecule has 0 unspecified atom stereocenters. The number of imide groups is 1. The molecule has 0 aliphatic carbocycles. The molecule has 0 saturated carbocycles. The third kappa shape index (κ3) is 4.77. The summed E-state index contributed by atoms with van der Waals surface area (Å²) in [6.07, 6.45) is 1.64. The van der Waals surface area contributed by atoms with Crippen LogP contribution in [0.15, 0.2) is 53.4 Å². The number of carboxylic acids is 1. The zero-order chi connectivity index (χ0) is 19.4. The van der Waals surface area contributed by atoms with E-state index < -0.39 is 12.6 Å². The molecule has 0 bridgehead atoms. The average molecular weight is 383 g/mol. The Kier molecular flexibility index (Phi) is 5.61. The van der Waals surface area contributed by atoms with E-state index in [4.69, 9.17) is 9.84 Å². The van der Waals surface area contributed by atoms with Gasteiger partial charge >= 0.3 is 5.97 Å². The Morgan fingerprint density at radius 3 is 2.41 bits per heavy atom. The first-order valence-corrected chi connectivity index (χ1v) is 8.99. The smallest absolute Gasteiger partial charge is 0.341 e. The molecule has 1 saturated heterocycles. The van der Waals surface area contributed by atoms with Gasteiger partial charge in [-0.05, 0) is 48.0 Å². The van der Waals surface area contributed by atoms with Crippen molar-refractivity contribution in [3.63, 3.8) is 0 Å². The number of hydrogen-bond donors (Lipinski definition) is 1. The lowest BCUT2D eigenvalue weighted by atomic mass is 10.1. The lowest BCUT2D eigenvalue weighted by Gasteiger charge is -2.12. The SMILES string of the molecule is Cc1ccc(CN2C(=O)S/C(=C\c3ccc(OCC(=O)O)cc3)C2=O)cc1. The van der Waals surface area contributed by atoms with E-state index in [1.807, 2.05) is 31.2 Å². The molecule has 7 heteroatoms. The van der Waals surface area contributed by atoms with E-state index in [1.54, 1.807) is 30.3 Å². The normalized spacial score (nSPS) is 15.4. The summed E-state index contributed by atoms with van der Waals surface area (Å²) in [7, 11) is 0. The quantitative estimate of drug-likeness (QED) is 0.766. The van der Waals surface area contributed by atoms with E-state index in [0.717, 1.165) is 28.5 Å². The van der Waals surface area contributed by atoms with Gasteiger partial charge in [0.25, 0.3) is 11.1 Å². The van der Waals surface area contributed by atoms with Gasteiger partial charge in [-0.1, -0.05) is 42.0 Å². The zero-order valence-corrected chi connectivity index (χ0v) is 15.4. The molecule has 1 aliphatic rings. The van der Waals surface area contributed by atoms with Gasteiger partial charge in [0.2, 0.25) is 0 Å². The van der Waals surface area contributed by atoms with Crippen molar-refractivity contribution < 1.29 is 24.2 Å². The fourth-order valence-electron chi connectivity index (χ4n) is 2.47. The molecule has 1 heterocycles. The van der Waals surface area contributed by atoms with Crippen molar-refractivity contribution in [3.8, 4) is 5.75 Å². The van der Waals surface area contributed by atoms with E-state index in [-0.39, 0.29) is 17.7 Å². The van der Waals surface area contributed by atoms with E-state index in [1.165, 1.54) is 4.90 Å².